The molecular weight excluding hydrogens is 268 g/mol. The highest BCUT2D eigenvalue weighted by atomic mass is 32.2. The minimum Gasteiger partial charge on any atom is -0.326 e. The molecule has 6 heteroatoms. The first-order valence-corrected chi connectivity index (χ1v) is 8.45. The van der Waals surface area contributed by atoms with Crippen molar-refractivity contribution in [1.82, 2.24) is 4.72 Å². The van der Waals surface area contributed by atoms with Crippen molar-refractivity contribution in [2.45, 2.75) is 50.6 Å². The zero-order valence-corrected chi connectivity index (χ0v) is 12.6. The second-order valence-corrected chi connectivity index (χ2v) is 8.06. The van der Waals surface area contributed by atoms with E-state index in [1.165, 1.54) is 11.3 Å². The van der Waals surface area contributed by atoms with Crippen molar-refractivity contribution in [3.63, 3.8) is 0 Å². The third kappa shape index (κ3) is 2.61. The molecule has 0 radical (unpaired) electrons. The van der Waals surface area contributed by atoms with Crippen LogP contribution in [0.1, 0.15) is 37.1 Å². The minimum absolute atomic E-state index is 0.263. The average molecular weight is 288 g/mol. The Kier molecular flexibility index (Phi) is 3.57. The van der Waals surface area contributed by atoms with E-state index in [2.05, 4.69) is 4.72 Å². The van der Waals surface area contributed by atoms with E-state index in [1.807, 2.05) is 26.2 Å². The topological polar surface area (TPSA) is 72.2 Å². The number of hydrogen-bond acceptors (Lipinski definition) is 4. The SMILES string of the molecule is Cc1csc(CN)c1S(=O)(=O)NC(C)(C)C1CC1. The van der Waals surface area contributed by atoms with Crippen LogP contribution < -0.4 is 10.5 Å². The molecule has 1 aliphatic rings. The lowest BCUT2D eigenvalue weighted by Gasteiger charge is -2.26. The lowest BCUT2D eigenvalue weighted by atomic mass is 10.0. The van der Waals surface area contributed by atoms with Crippen LogP contribution in [0.3, 0.4) is 0 Å². The second kappa shape index (κ2) is 4.59. The first kappa shape index (κ1) is 14.0. The van der Waals surface area contributed by atoms with Gasteiger partial charge in [0.1, 0.15) is 4.90 Å². The predicted octanol–water partition coefficient (Wildman–Crippen LogP) is 1.98. The molecule has 0 spiro atoms. The summed E-state index contributed by atoms with van der Waals surface area (Å²) in [7, 11) is -3.47. The number of thiophene rings is 1. The van der Waals surface area contributed by atoms with Gasteiger partial charge >= 0.3 is 0 Å². The van der Waals surface area contributed by atoms with Crippen LogP contribution in [0.5, 0.6) is 0 Å². The third-order valence-electron chi connectivity index (χ3n) is 3.44. The molecule has 0 amide bonds. The van der Waals surface area contributed by atoms with Crippen LogP contribution >= 0.6 is 11.3 Å². The Balaban J connectivity index is 2.33. The van der Waals surface area contributed by atoms with Crippen molar-refractivity contribution in [3.8, 4) is 0 Å². The summed E-state index contributed by atoms with van der Waals surface area (Å²) in [6.07, 6.45) is 2.20. The van der Waals surface area contributed by atoms with Crippen molar-refractivity contribution in [1.29, 1.82) is 0 Å². The molecule has 0 aromatic carbocycles. The third-order valence-corrected chi connectivity index (χ3v) is 6.60. The Hall–Kier alpha value is -0.430. The summed E-state index contributed by atoms with van der Waals surface area (Å²) >= 11 is 1.41. The van der Waals surface area contributed by atoms with Gasteiger partial charge in [0.15, 0.2) is 0 Å². The van der Waals surface area contributed by atoms with Crippen LogP contribution in [-0.2, 0) is 16.6 Å². The van der Waals surface area contributed by atoms with E-state index >= 15 is 0 Å². The van der Waals surface area contributed by atoms with E-state index in [4.69, 9.17) is 5.73 Å². The lowest BCUT2D eigenvalue weighted by Crippen LogP contribution is -2.45. The van der Waals surface area contributed by atoms with Crippen LogP contribution in [0.4, 0.5) is 0 Å². The van der Waals surface area contributed by atoms with Crippen molar-refractivity contribution < 1.29 is 8.42 Å². The molecule has 1 aromatic rings. The molecule has 0 atom stereocenters. The normalized spacial score (nSPS) is 17.1. The molecule has 18 heavy (non-hydrogen) atoms. The molecule has 1 saturated carbocycles. The molecule has 2 rings (SSSR count). The number of hydrogen-bond donors (Lipinski definition) is 2. The fraction of sp³-hybridized carbons (Fsp3) is 0.667. The van der Waals surface area contributed by atoms with Gasteiger partial charge in [-0.1, -0.05) is 0 Å². The van der Waals surface area contributed by atoms with Gasteiger partial charge in [-0.05, 0) is 50.5 Å². The van der Waals surface area contributed by atoms with Gasteiger partial charge in [-0.3, -0.25) is 0 Å². The summed E-state index contributed by atoms with van der Waals surface area (Å²) < 4.78 is 27.8. The van der Waals surface area contributed by atoms with E-state index in [9.17, 15) is 8.42 Å². The molecule has 1 aliphatic carbocycles. The maximum absolute atomic E-state index is 12.5. The number of nitrogens with two attached hydrogens (primary N) is 1. The zero-order valence-electron chi connectivity index (χ0n) is 11.0. The molecule has 1 fully saturated rings. The molecule has 102 valence electrons. The van der Waals surface area contributed by atoms with Gasteiger partial charge in [0, 0.05) is 17.0 Å². The molecule has 0 unspecified atom stereocenters. The fourth-order valence-electron chi connectivity index (χ4n) is 2.27. The van der Waals surface area contributed by atoms with Crippen LogP contribution in [0.2, 0.25) is 0 Å². The van der Waals surface area contributed by atoms with Gasteiger partial charge in [0.25, 0.3) is 0 Å². The first-order chi connectivity index (χ1) is 8.28. The molecule has 1 aromatic heterocycles. The summed E-state index contributed by atoms with van der Waals surface area (Å²) in [5.74, 6) is 0.451. The summed E-state index contributed by atoms with van der Waals surface area (Å²) in [4.78, 5) is 1.11. The van der Waals surface area contributed by atoms with Crippen molar-refractivity contribution in [2.24, 2.45) is 11.7 Å². The van der Waals surface area contributed by atoms with Gasteiger partial charge in [0.05, 0.1) is 0 Å². The van der Waals surface area contributed by atoms with Crippen molar-refractivity contribution in [3.05, 3.63) is 15.8 Å². The van der Waals surface area contributed by atoms with Gasteiger partial charge < -0.3 is 5.73 Å². The van der Waals surface area contributed by atoms with Crippen LogP contribution in [0, 0.1) is 12.8 Å². The van der Waals surface area contributed by atoms with E-state index in [-0.39, 0.29) is 12.1 Å². The van der Waals surface area contributed by atoms with Crippen molar-refractivity contribution >= 4 is 21.4 Å². The van der Waals surface area contributed by atoms with Crippen LogP contribution in [0.25, 0.3) is 0 Å². The molecule has 3 N–H and O–H groups in total. The molecule has 4 nitrogen and oxygen atoms in total. The largest absolute Gasteiger partial charge is 0.326 e. The van der Waals surface area contributed by atoms with Gasteiger partial charge in [-0.15, -0.1) is 11.3 Å². The van der Waals surface area contributed by atoms with Crippen molar-refractivity contribution in [2.75, 3.05) is 0 Å². The highest BCUT2D eigenvalue weighted by molar-refractivity contribution is 7.89. The highest BCUT2D eigenvalue weighted by Crippen LogP contribution is 2.40. The highest BCUT2D eigenvalue weighted by Gasteiger charge is 2.41. The standard InChI is InChI=1S/C12H20N2O2S2/c1-8-7-17-10(6-13)11(8)18(15,16)14-12(2,3)9-4-5-9/h7,9,14H,4-6,13H2,1-3H3. The van der Waals surface area contributed by atoms with Gasteiger partial charge in [-0.25, -0.2) is 13.1 Å². The molecule has 0 saturated heterocycles. The minimum atomic E-state index is -3.47. The van der Waals surface area contributed by atoms with Gasteiger partial charge in [0.2, 0.25) is 10.0 Å². The number of aryl methyl sites for hydroxylation is 1. The average Bonchev–Trinajstić information content (AvgIpc) is 3.01. The lowest BCUT2D eigenvalue weighted by molar-refractivity contribution is 0.400. The van der Waals surface area contributed by atoms with Crippen LogP contribution in [0.15, 0.2) is 10.3 Å². The van der Waals surface area contributed by atoms with E-state index in [0.29, 0.717) is 10.8 Å². The first-order valence-electron chi connectivity index (χ1n) is 6.09. The zero-order chi connectivity index (χ0) is 13.6. The van der Waals surface area contributed by atoms with E-state index in [1.54, 1.807) is 0 Å². The fourth-order valence-corrected chi connectivity index (χ4v) is 5.45. The Morgan fingerprint density at radius 1 is 1.50 bits per heavy atom. The summed E-state index contributed by atoms with van der Waals surface area (Å²) in [6, 6.07) is 0. The Labute approximate surface area is 113 Å². The monoisotopic (exact) mass is 288 g/mol. The smallest absolute Gasteiger partial charge is 0.242 e. The maximum Gasteiger partial charge on any atom is 0.242 e. The molecule has 1 heterocycles. The Bertz CT molecular complexity index is 542. The van der Waals surface area contributed by atoms with E-state index < -0.39 is 10.0 Å². The number of nitrogens with one attached hydrogen (secondary N) is 1. The summed E-state index contributed by atoms with van der Waals surface area (Å²) in [6.45, 7) is 5.98. The second-order valence-electron chi connectivity index (χ2n) is 5.48. The number of sulfonamides is 1. The predicted molar refractivity (Wildman–Crippen MR) is 74.1 cm³/mol. The number of rotatable bonds is 5. The molecular formula is C12H20N2O2S2. The van der Waals surface area contributed by atoms with Gasteiger partial charge in [-0.2, -0.15) is 0 Å². The summed E-state index contributed by atoms with van der Waals surface area (Å²) in [5.41, 5.74) is 6.02. The quantitative estimate of drug-likeness (QED) is 0.870. The Morgan fingerprint density at radius 2 is 2.11 bits per heavy atom. The maximum atomic E-state index is 12.5. The Morgan fingerprint density at radius 3 is 2.61 bits per heavy atom. The van der Waals surface area contributed by atoms with Crippen LogP contribution in [-0.4, -0.2) is 14.0 Å². The van der Waals surface area contributed by atoms with E-state index in [0.717, 1.165) is 23.3 Å². The summed E-state index contributed by atoms with van der Waals surface area (Å²) in [5, 5.41) is 1.85. The molecule has 0 aliphatic heterocycles. The molecule has 0 bridgehead atoms.